The van der Waals surface area contributed by atoms with E-state index in [1.807, 2.05) is 12.1 Å². The summed E-state index contributed by atoms with van der Waals surface area (Å²) in [7, 11) is 0. The summed E-state index contributed by atoms with van der Waals surface area (Å²) in [6.45, 7) is 3.63. The zero-order valence-corrected chi connectivity index (χ0v) is 12.9. The van der Waals surface area contributed by atoms with Gasteiger partial charge in [-0.15, -0.1) is 0 Å². The maximum atomic E-state index is 5.77. The largest absolute Gasteiger partial charge is 0.491 e. The Labute approximate surface area is 121 Å². The number of halogens is 2. The van der Waals surface area contributed by atoms with Crippen LogP contribution in [0.5, 0.6) is 5.75 Å². The molecule has 1 aromatic heterocycles. The highest BCUT2D eigenvalue weighted by molar-refractivity contribution is 14.1. The molecule has 0 saturated carbocycles. The van der Waals surface area contributed by atoms with E-state index in [0.29, 0.717) is 6.61 Å². The van der Waals surface area contributed by atoms with Crippen LogP contribution < -0.4 is 4.74 Å². The lowest BCUT2D eigenvalue weighted by Crippen LogP contribution is -2.07. The first-order valence-corrected chi connectivity index (χ1v) is 7.19. The molecule has 0 unspecified atom stereocenters. The second-order valence-electron chi connectivity index (χ2n) is 3.95. The number of nitrogens with zero attached hydrogens (tertiary/aromatic N) is 2. The standard InChI is InChI=1S/C12H10BrIN2O/c1-7-11(14)15-12-9-3-2-8(13)6-10(9)17-5-4-16(7)12/h2-3,6H,4-5H2,1H3. The molecule has 3 rings (SSSR count). The lowest BCUT2D eigenvalue weighted by molar-refractivity contribution is 0.305. The minimum absolute atomic E-state index is 0.684. The summed E-state index contributed by atoms with van der Waals surface area (Å²) >= 11 is 5.75. The highest BCUT2D eigenvalue weighted by Gasteiger charge is 2.20. The Hall–Kier alpha value is -0.560. The summed E-state index contributed by atoms with van der Waals surface area (Å²) in [6, 6.07) is 6.08. The van der Waals surface area contributed by atoms with Crippen molar-refractivity contribution in [2.75, 3.05) is 6.61 Å². The SMILES string of the molecule is Cc1c(I)nc2n1CCOc1cc(Br)ccc1-2. The number of rotatable bonds is 0. The molecule has 0 bridgehead atoms. The van der Waals surface area contributed by atoms with Crippen LogP contribution in [-0.4, -0.2) is 16.2 Å². The maximum absolute atomic E-state index is 5.77. The number of imidazole rings is 1. The second kappa shape index (κ2) is 4.28. The number of hydrogen-bond donors (Lipinski definition) is 0. The van der Waals surface area contributed by atoms with E-state index in [9.17, 15) is 0 Å². The average Bonchev–Trinajstić information content (AvgIpc) is 2.49. The zero-order chi connectivity index (χ0) is 12.0. The summed E-state index contributed by atoms with van der Waals surface area (Å²) in [6.07, 6.45) is 0. The topological polar surface area (TPSA) is 27.1 Å². The zero-order valence-electron chi connectivity index (χ0n) is 9.20. The molecule has 0 radical (unpaired) electrons. The third-order valence-corrected chi connectivity index (χ3v) is 4.44. The lowest BCUT2D eigenvalue weighted by Gasteiger charge is -2.05. The Balaban J connectivity index is 2.27. The van der Waals surface area contributed by atoms with Gasteiger partial charge < -0.3 is 9.30 Å². The minimum atomic E-state index is 0.684. The fraction of sp³-hybridized carbons (Fsp3) is 0.250. The number of hydrogen-bond acceptors (Lipinski definition) is 2. The quantitative estimate of drug-likeness (QED) is 0.627. The Morgan fingerprint density at radius 3 is 3.12 bits per heavy atom. The Bertz CT molecular complexity index is 594. The molecule has 2 heterocycles. The van der Waals surface area contributed by atoms with Crippen molar-refractivity contribution < 1.29 is 4.74 Å². The van der Waals surface area contributed by atoms with Crippen LogP contribution in [0.4, 0.5) is 0 Å². The molecule has 88 valence electrons. The van der Waals surface area contributed by atoms with Crippen LogP contribution in [0.15, 0.2) is 22.7 Å². The van der Waals surface area contributed by atoms with Gasteiger partial charge >= 0.3 is 0 Å². The van der Waals surface area contributed by atoms with Gasteiger partial charge in [0.2, 0.25) is 0 Å². The third kappa shape index (κ3) is 1.89. The van der Waals surface area contributed by atoms with Crippen molar-refractivity contribution >= 4 is 38.5 Å². The Morgan fingerprint density at radius 1 is 1.47 bits per heavy atom. The Kier molecular flexibility index (Phi) is 2.90. The number of benzene rings is 1. The molecule has 1 aromatic carbocycles. The molecule has 1 aliphatic heterocycles. The van der Waals surface area contributed by atoms with Crippen LogP contribution in [0.2, 0.25) is 0 Å². The molecule has 0 spiro atoms. The summed E-state index contributed by atoms with van der Waals surface area (Å²) < 4.78 is 10.1. The van der Waals surface area contributed by atoms with Crippen molar-refractivity contribution in [3.8, 4) is 17.1 Å². The van der Waals surface area contributed by atoms with Gasteiger partial charge in [0.15, 0.2) is 0 Å². The van der Waals surface area contributed by atoms with Gasteiger partial charge in [-0.05, 0) is 47.7 Å². The first kappa shape index (κ1) is 11.5. The smallest absolute Gasteiger partial charge is 0.145 e. The first-order valence-electron chi connectivity index (χ1n) is 5.32. The van der Waals surface area contributed by atoms with E-state index < -0.39 is 0 Å². The van der Waals surface area contributed by atoms with Crippen LogP contribution in [0, 0.1) is 10.6 Å². The van der Waals surface area contributed by atoms with E-state index in [-0.39, 0.29) is 0 Å². The predicted molar refractivity (Wildman–Crippen MR) is 78.3 cm³/mol. The predicted octanol–water partition coefficient (Wildman–Crippen LogP) is 3.62. The van der Waals surface area contributed by atoms with Gasteiger partial charge in [-0.3, -0.25) is 0 Å². The van der Waals surface area contributed by atoms with E-state index in [0.717, 1.165) is 31.9 Å². The lowest BCUT2D eigenvalue weighted by atomic mass is 10.2. The fourth-order valence-electron chi connectivity index (χ4n) is 2.03. The van der Waals surface area contributed by atoms with E-state index in [2.05, 4.69) is 61.1 Å². The van der Waals surface area contributed by atoms with Crippen LogP contribution in [0.3, 0.4) is 0 Å². The van der Waals surface area contributed by atoms with Gasteiger partial charge in [-0.25, -0.2) is 4.98 Å². The van der Waals surface area contributed by atoms with Crippen molar-refractivity contribution in [3.05, 3.63) is 32.1 Å². The van der Waals surface area contributed by atoms with Crippen molar-refractivity contribution in [2.45, 2.75) is 13.5 Å². The van der Waals surface area contributed by atoms with Crippen LogP contribution in [0.25, 0.3) is 11.4 Å². The van der Waals surface area contributed by atoms with E-state index in [1.54, 1.807) is 0 Å². The minimum Gasteiger partial charge on any atom is -0.491 e. The molecule has 0 aliphatic carbocycles. The third-order valence-electron chi connectivity index (χ3n) is 2.92. The van der Waals surface area contributed by atoms with E-state index >= 15 is 0 Å². The monoisotopic (exact) mass is 404 g/mol. The Morgan fingerprint density at radius 2 is 2.29 bits per heavy atom. The van der Waals surface area contributed by atoms with Crippen molar-refractivity contribution in [1.29, 1.82) is 0 Å². The molecule has 17 heavy (non-hydrogen) atoms. The van der Waals surface area contributed by atoms with Gasteiger partial charge in [-0.2, -0.15) is 0 Å². The van der Waals surface area contributed by atoms with Gasteiger partial charge in [0, 0.05) is 10.2 Å². The molecule has 0 saturated heterocycles. The summed E-state index contributed by atoms with van der Waals surface area (Å²) in [5.74, 6) is 1.91. The molecule has 0 atom stereocenters. The normalized spacial score (nSPS) is 13.6. The van der Waals surface area contributed by atoms with Gasteiger partial charge in [0.05, 0.1) is 12.1 Å². The molecule has 1 aliphatic rings. The molecule has 3 nitrogen and oxygen atoms in total. The number of ether oxygens (including phenoxy) is 1. The molecule has 2 aromatic rings. The summed E-state index contributed by atoms with van der Waals surface area (Å²) in [5.41, 5.74) is 2.27. The van der Waals surface area contributed by atoms with Crippen molar-refractivity contribution in [2.24, 2.45) is 0 Å². The molecule has 0 N–H and O–H groups in total. The summed E-state index contributed by atoms with van der Waals surface area (Å²) in [5, 5.41) is 0. The van der Waals surface area contributed by atoms with E-state index in [4.69, 9.17) is 4.74 Å². The molecule has 0 fully saturated rings. The van der Waals surface area contributed by atoms with Crippen molar-refractivity contribution in [1.82, 2.24) is 9.55 Å². The van der Waals surface area contributed by atoms with Crippen LogP contribution in [0.1, 0.15) is 5.69 Å². The van der Waals surface area contributed by atoms with Crippen LogP contribution >= 0.6 is 38.5 Å². The average molecular weight is 405 g/mol. The summed E-state index contributed by atoms with van der Waals surface area (Å²) in [4.78, 5) is 4.64. The maximum Gasteiger partial charge on any atom is 0.145 e. The van der Waals surface area contributed by atoms with Gasteiger partial charge in [0.25, 0.3) is 0 Å². The van der Waals surface area contributed by atoms with Crippen molar-refractivity contribution in [3.63, 3.8) is 0 Å². The number of fused-ring (bicyclic) bond motifs is 3. The fourth-order valence-corrected chi connectivity index (χ4v) is 2.89. The molecule has 0 amide bonds. The van der Waals surface area contributed by atoms with Crippen LogP contribution in [-0.2, 0) is 6.54 Å². The molecule has 5 heteroatoms. The highest BCUT2D eigenvalue weighted by atomic mass is 127. The molecular formula is C12H10BrIN2O. The molecular weight excluding hydrogens is 395 g/mol. The van der Waals surface area contributed by atoms with Gasteiger partial charge in [0.1, 0.15) is 21.9 Å². The highest BCUT2D eigenvalue weighted by Crippen LogP contribution is 2.35. The second-order valence-corrected chi connectivity index (χ2v) is 5.89. The van der Waals surface area contributed by atoms with E-state index in [1.165, 1.54) is 5.69 Å². The first-order chi connectivity index (χ1) is 8.16. The van der Waals surface area contributed by atoms with Gasteiger partial charge in [-0.1, -0.05) is 15.9 Å². The number of aromatic nitrogens is 2.